The Labute approximate surface area is 188 Å². The molecule has 0 radical (unpaired) electrons. The standard InChI is InChI=1S/C22H17F4N5OS/c1-2-27-19-9-12(7-8-28-19)14-11-29-30-22(14)20-16(25)5-6-17(21(20)26)31-33(32)18-10-13(23)3-4-15(18)24/h3-11,31H,2H2,1H3,(H,27,28)(H,29,30). The molecule has 0 aliphatic heterocycles. The Balaban J connectivity index is 1.74. The van der Waals surface area contributed by atoms with E-state index in [-0.39, 0.29) is 11.4 Å². The molecular formula is C22H17F4N5OS. The zero-order valence-corrected chi connectivity index (χ0v) is 17.9. The largest absolute Gasteiger partial charge is 0.370 e. The van der Waals surface area contributed by atoms with Gasteiger partial charge in [-0.3, -0.25) is 9.82 Å². The lowest BCUT2D eigenvalue weighted by Crippen LogP contribution is -2.09. The van der Waals surface area contributed by atoms with Crippen LogP contribution < -0.4 is 10.0 Å². The second-order valence-electron chi connectivity index (χ2n) is 6.85. The zero-order valence-electron chi connectivity index (χ0n) is 17.1. The predicted molar refractivity (Wildman–Crippen MR) is 118 cm³/mol. The van der Waals surface area contributed by atoms with Gasteiger partial charge in [0.25, 0.3) is 0 Å². The van der Waals surface area contributed by atoms with Crippen LogP contribution in [0.3, 0.4) is 0 Å². The molecule has 2 heterocycles. The van der Waals surface area contributed by atoms with E-state index in [1.54, 1.807) is 18.3 Å². The first-order valence-corrected chi connectivity index (χ1v) is 10.9. The first-order valence-electron chi connectivity index (χ1n) is 9.74. The van der Waals surface area contributed by atoms with Gasteiger partial charge in [-0.15, -0.1) is 0 Å². The zero-order chi connectivity index (χ0) is 23.5. The van der Waals surface area contributed by atoms with Gasteiger partial charge in [0.2, 0.25) is 0 Å². The van der Waals surface area contributed by atoms with E-state index in [2.05, 4.69) is 25.2 Å². The minimum Gasteiger partial charge on any atom is -0.370 e. The maximum absolute atomic E-state index is 15.4. The van der Waals surface area contributed by atoms with Gasteiger partial charge in [-0.1, -0.05) is 0 Å². The van der Waals surface area contributed by atoms with Crippen LogP contribution in [0.25, 0.3) is 22.4 Å². The van der Waals surface area contributed by atoms with Gasteiger partial charge >= 0.3 is 0 Å². The lowest BCUT2D eigenvalue weighted by molar-refractivity contribution is 0.572. The fraction of sp³-hybridized carbons (Fsp3) is 0.0909. The minimum atomic E-state index is -2.34. The van der Waals surface area contributed by atoms with Crippen molar-refractivity contribution in [2.75, 3.05) is 16.6 Å². The molecule has 0 fully saturated rings. The highest BCUT2D eigenvalue weighted by Gasteiger charge is 2.22. The summed E-state index contributed by atoms with van der Waals surface area (Å²) < 4.78 is 72.3. The van der Waals surface area contributed by atoms with E-state index in [1.165, 1.54) is 6.20 Å². The average Bonchev–Trinajstić information content (AvgIpc) is 3.27. The fourth-order valence-electron chi connectivity index (χ4n) is 3.21. The summed E-state index contributed by atoms with van der Waals surface area (Å²) in [5.74, 6) is -3.14. The van der Waals surface area contributed by atoms with Gasteiger partial charge in [0, 0.05) is 18.3 Å². The second kappa shape index (κ2) is 9.41. The highest BCUT2D eigenvalue weighted by molar-refractivity contribution is 7.86. The van der Waals surface area contributed by atoms with Gasteiger partial charge in [0.1, 0.15) is 23.3 Å². The maximum Gasteiger partial charge on any atom is 0.159 e. The van der Waals surface area contributed by atoms with Gasteiger partial charge in [0.05, 0.1) is 28.0 Å². The van der Waals surface area contributed by atoms with E-state index in [0.29, 0.717) is 23.5 Å². The smallest absolute Gasteiger partial charge is 0.159 e. The summed E-state index contributed by atoms with van der Waals surface area (Å²) in [5.41, 5.74) is 0.240. The van der Waals surface area contributed by atoms with Crippen molar-refractivity contribution in [1.82, 2.24) is 15.2 Å². The number of aromatic amines is 1. The minimum absolute atomic E-state index is 0.0463. The van der Waals surface area contributed by atoms with Crippen molar-refractivity contribution in [3.8, 4) is 22.4 Å². The van der Waals surface area contributed by atoms with E-state index in [1.807, 2.05) is 6.92 Å². The highest BCUT2D eigenvalue weighted by Crippen LogP contribution is 2.36. The second-order valence-corrected chi connectivity index (χ2v) is 8.03. The maximum atomic E-state index is 15.4. The topological polar surface area (TPSA) is 82.7 Å². The molecule has 2 aromatic carbocycles. The Morgan fingerprint density at radius 3 is 2.61 bits per heavy atom. The summed E-state index contributed by atoms with van der Waals surface area (Å²) >= 11 is 0. The molecule has 0 aliphatic carbocycles. The third-order valence-corrected chi connectivity index (χ3v) is 5.82. The number of nitrogens with one attached hydrogen (secondary N) is 3. The molecule has 6 nitrogen and oxygen atoms in total. The first-order chi connectivity index (χ1) is 15.9. The molecular weight excluding hydrogens is 458 g/mol. The number of aromatic nitrogens is 3. The van der Waals surface area contributed by atoms with E-state index < -0.39 is 44.7 Å². The van der Waals surface area contributed by atoms with E-state index in [4.69, 9.17) is 0 Å². The van der Waals surface area contributed by atoms with Crippen molar-refractivity contribution in [2.24, 2.45) is 0 Å². The van der Waals surface area contributed by atoms with Crippen LogP contribution in [0.4, 0.5) is 29.1 Å². The molecule has 2 aromatic heterocycles. The number of hydrogen-bond acceptors (Lipinski definition) is 4. The molecule has 1 atom stereocenters. The van der Waals surface area contributed by atoms with Gasteiger partial charge in [-0.05, 0) is 55.0 Å². The lowest BCUT2D eigenvalue weighted by atomic mass is 10.0. The van der Waals surface area contributed by atoms with Gasteiger partial charge in [-0.2, -0.15) is 5.10 Å². The number of benzene rings is 2. The number of hydrogen-bond donors (Lipinski definition) is 3. The van der Waals surface area contributed by atoms with Crippen LogP contribution in [0, 0.1) is 23.3 Å². The summed E-state index contributed by atoms with van der Waals surface area (Å²) in [6, 6.07) is 7.78. The Hall–Kier alpha value is -3.73. The first kappa shape index (κ1) is 22.5. The summed E-state index contributed by atoms with van der Waals surface area (Å²) in [7, 11) is -2.34. The molecule has 0 aliphatic rings. The number of anilines is 2. The number of rotatable bonds is 7. The number of nitrogens with zero attached hydrogens (tertiary/aromatic N) is 2. The summed E-state index contributed by atoms with van der Waals surface area (Å²) in [4.78, 5) is 3.67. The molecule has 1 unspecified atom stereocenters. The molecule has 4 aromatic rings. The number of pyridine rings is 1. The van der Waals surface area contributed by atoms with Crippen molar-refractivity contribution in [3.05, 3.63) is 78.1 Å². The molecule has 4 rings (SSSR count). The van der Waals surface area contributed by atoms with E-state index >= 15 is 4.39 Å². The van der Waals surface area contributed by atoms with Crippen molar-refractivity contribution in [1.29, 1.82) is 0 Å². The Kier molecular flexibility index (Phi) is 6.40. The third-order valence-electron chi connectivity index (χ3n) is 4.70. The quantitative estimate of drug-likeness (QED) is 0.319. The van der Waals surface area contributed by atoms with Crippen molar-refractivity contribution >= 4 is 22.5 Å². The van der Waals surface area contributed by atoms with Crippen LogP contribution in [0.5, 0.6) is 0 Å². The normalized spacial score (nSPS) is 11.9. The van der Waals surface area contributed by atoms with Crippen LogP contribution in [-0.2, 0) is 11.0 Å². The molecule has 0 saturated heterocycles. The van der Waals surface area contributed by atoms with Crippen LogP contribution in [-0.4, -0.2) is 25.9 Å². The van der Waals surface area contributed by atoms with Crippen molar-refractivity contribution in [3.63, 3.8) is 0 Å². The summed E-state index contributed by atoms with van der Waals surface area (Å²) in [6.07, 6.45) is 2.96. The predicted octanol–water partition coefficient (Wildman–Crippen LogP) is 5.26. The SMILES string of the molecule is CCNc1cc(-c2cn[nH]c2-c2c(F)ccc(NS(=O)c3cc(F)ccc3F)c2F)ccn1. The van der Waals surface area contributed by atoms with Gasteiger partial charge in [0.15, 0.2) is 16.8 Å². The molecule has 0 spiro atoms. The van der Waals surface area contributed by atoms with Crippen molar-refractivity contribution in [2.45, 2.75) is 11.8 Å². The molecule has 0 amide bonds. The lowest BCUT2D eigenvalue weighted by Gasteiger charge is -2.12. The average molecular weight is 475 g/mol. The van der Waals surface area contributed by atoms with Crippen LogP contribution in [0.2, 0.25) is 0 Å². The van der Waals surface area contributed by atoms with Gasteiger partial charge < -0.3 is 5.32 Å². The number of halogens is 4. The Bertz CT molecular complexity index is 1340. The van der Waals surface area contributed by atoms with Crippen LogP contribution in [0.15, 0.2) is 59.8 Å². The molecule has 11 heteroatoms. The summed E-state index contributed by atoms with van der Waals surface area (Å²) in [5, 5.41) is 9.58. The summed E-state index contributed by atoms with van der Waals surface area (Å²) in [6.45, 7) is 2.54. The third kappa shape index (κ3) is 4.58. The molecule has 0 saturated carbocycles. The van der Waals surface area contributed by atoms with E-state index in [9.17, 15) is 17.4 Å². The highest BCUT2D eigenvalue weighted by atomic mass is 32.2. The fourth-order valence-corrected chi connectivity index (χ4v) is 4.14. The monoisotopic (exact) mass is 475 g/mol. The Morgan fingerprint density at radius 2 is 1.82 bits per heavy atom. The van der Waals surface area contributed by atoms with Crippen LogP contribution in [0.1, 0.15) is 6.92 Å². The van der Waals surface area contributed by atoms with Gasteiger partial charge in [-0.25, -0.2) is 26.8 Å². The molecule has 33 heavy (non-hydrogen) atoms. The van der Waals surface area contributed by atoms with Crippen molar-refractivity contribution < 1.29 is 21.8 Å². The molecule has 170 valence electrons. The molecule has 0 bridgehead atoms. The number of H-pyrrole nitrogens is 1. The van der Waals surface area contributed by atoms with Crippen LogP contribution >= 0.6 is 0 Å². The Morgan fingerprint density at radius 1 is 1.03 bits per heavy atom. The van der Waals surface area contributed by atoms with E-state index in [0.717, 1.165) is 30.3 Å². The molecule has 3 N–H and O–H groups in total.